The summed E-state index contributed by atoms with van der Waals surface area (Å²) in [7, 11) is 1.69. The van der Waals surface area contributed by atoms with Crippen LogP contribution in [0.4, 0.5) is 22.1 Å². The summed E-state index contributed by atoms with van der Waals surface area (Å²) in [6, 6.07) is 5.58. The molecule has 38 heavy (non-hydrogen) atoms. The third-order valence-electron chi connectivity index (χ3n) is 7.34. The Hall–Kier alpha value is -4.04. The van der Waals surface area contributed by atoms with Crippen LogP contribution in [0.25, 0.3) is 0 Å². The summed E-state index contributed by atoms with van der Waals surface area (Å²) in [6.07, 6.45) is 7.89. The summed E-state index contributed by atoms with van der Waals surface area (Å²) < 4.78 is 5.51. The molecule has 2 aromatic rings. The number of anilines is 3. The molecule has 1 saturated carbocycles. The van der Waals surface area contributed by atoms with Crippen LogP contribution in [0.15, 0.2) is 18.3 Å². The number of rotatable bonds is 7. The number of hydrogen-bond donors (Lipinski definition) is 2. The molecule has 11 heteroatoms. The van der Waals surface area contributed by atoms with E-state index in [0.717, 1.165) is 37.7 Å². The molecule has 198 valence electrons. The van der Waals surface area contributed by atoms with Crippen molar-refractivity contribution in [3.63, 3.8) is 0 Å². The van der Waals surface area contributed by atoms with Gasteiger partial charge in [-0.2, -0.15) is 5.26 Å². The summed E-state index contributed by atoms with van der Waals surface area (Å²) in [4.78, 5) is 49.8. The Balaban J connectivity index is 1.33. The van der Waals surface area contributed by atoms with E-state index in [9.17, 15) is 19.6 Å². The summed E-state index contributed by atoms with van der Waals surface area (Å²) in [5, 5.41) is 15.6. The second-order valence-corrected chi connectivity index (χ2v) is 10.0. The van der Waals surface area contributed by atoms with Crippen LogP contribution >= 0.6 is 0 Å². The Morgan fingerprint density at radius 3 is 2.79 bits per heavy atom. The zero-order chi connectivity index (χ0) is 26.6. The van der Waals surface area contributed by atoms with Gasteiger partial charge in [-0.1, -0.05) is 0 Å². The molecule has 5 rings (SSSR count). The van der Waals surface area contributed by atoms with Gasteiger partial charge >= 0.3 is 6.03 Å². The number of ether oxygens (including phenoxy) is 1. The quantitative estimate of drug-likeness (QED) is 0.534. The highest BCUT2D eigenvalue weighted by Crippen LogP contribution is 2.30. The van der Waals surface area contributed by atoms with Crippen LogP contribution in [0.5, 0.6) is 0 Å². The molecule has 2 aromatic heterocycles. The third kappa shape index (κ3) is 5.31. The van der Waals surface area contributed by atoms with E-state index in [4.69, 9.17) is 4.74 Å². The zero-order valence-corrected chi connectivity index (χ0v) is 21.4. The van der Waals surface area contributed by atoms with Gasteiger partial charge in [0.25, 0.3) is 5.91 Å². The van der Waals surface area contributed by atoms with Crippen LogP contribution < -0.4 is 15.5 Å². The van der Waals surface area contributed by atoms with Crippen molar-refractivity contribution in [1.29, 1.82) is 5.26 Å². The van der Waals surface area contributed by atoms with Crippen LogP contribution in [-0.4, -0.2) is 65.4 Å². The van der Waals surface area contributed by atoms with E-state index in [1.165, 1.54) is 11.1 Å². The number of aryl methyl sites for hydroxylation is 1. The number of nitrogens with zero attached hydrogens (tertiary/aromatic N) is 5. The van der Waals surface area contributed by atoms with E-state index in [-0.39, 0.29) is 18.1 Å². The van der Waals surface area contributed by atoms with Gasteiger partial charge in [0.15, 0.2) is 6.29 Å². The van der Waals surface area contributed by atoms with Gasteiger partial charge in [0.05, 0.1) is 11.3 Å². The Kier molecular flexibility index (Phi) is 7.51. The minimum absolute atomic E-state index is 0.112. The number of fused-ring (bicyclic) bond motifs is 1. The van der Waals surface area contributed by atoms with Crippen LogP contribution in [0.2, 0.25) is 0 Å². The molecule has 1 unspecified atom stereocenters. The van der Waals surface area contributed by atoms with Crippen molar-refractivity contribution in [1.82, 2.24) is 14.9 Å². The smallest absolute Gasteiger partial charge is 0.328 e. The van der Waals surface area contributed by atoms with Crippen molar-refractivity contribution in [2.45, 2.75) is 63.6 Å². The van der Waals surface area contributed by atoms with Crippen molar-refractivity contribution >= 4 is 35.5 Å². The Labute approximate surface area is 221 Å². The van der Waals surface area contributed by atoms with E-state index >= 15 is 0 Å². The number of pyridine rings is 2. The molecular formula is C27H31N7O4. The highest BCUT2D eigenvalue weighted by molar-refractivity contribution is 6.02. The van der Waals surface area contributed by atoms with Crippen molar-refractivity contribution in [3.8, 4) is 6.07 Å². The van der Waals surface area contributed by atoms with Gasteiger partial charge in [0.2, 0.25) is 0 Å². The lowest BCUT2D eigenvalue weighted by Gasteiger charge is -2.30. The molecule has 0 radical (unpaired) electrons. The molecule has 0 spiro atoms. The lowest BCUT2D eigenvalue weighted by molar-refractivity contribution is -0.140. The molecule has 0 aromatic carbocycles. The van der Waals surface area contributed by atoms with Gasteiger partial charge in [-0.3, -0.25) is 19.8 Å². The Morgan fingerprint density at radius 1 is 1.26 bits per heavy atom. The van der Waals surface area contributed by atoms with E-state index in [1.54, 1.807) is 18.0 Å². The second kappa shape index (κ2) is 11.1. The standard InChI is InChI=1S/C27H31N7O4/c1-33(26(36)23-8-4-10-38-23)15-18-11-17-5-3-9-34(25(17)31-22(18)16-35)27(37)32-24-12-21(19(13-28)14-29-24)30-20-6-2-7-20/h11-12,14,16,20,23H,2-10,15H2,1H3,(H2,29,30,32,37). The molecule has 1 saturated heterocycles. The van der Waals surface area contributed by atoms with Crippen LogP contribution in [0, 0.1) is 11.3 Å². The first-order valence-corrected chi connectivity index (χ1v) is 13.1. The Morgan fingerprint density at radius 2 is 2.11 bits per heavy atom. The maximum absolute atomic E-state index is 13.3. The zero-order valence-electron chi connectivity index (χ0n) is 21.4. The van der Waals surface area contributed by atoms with Gasteiger partial charge < -0.3 is 15.0 Å². The molecule has 0 bridgehead atoms. The SMILES string of the molecule is CN(Cc1cc2c(nc1C=O)N(C(=O)Nc1cc(NC3CCC3)c(C#N)cn1)CCC2)C(=O)C1CCCO1. The summed E-state index contributed by atoms with van der Waals surface area (Å²) >= 11 is 0. The molecule has 2 aliphatic heterocycles. The maximum atomic E-state index is 13.3. The molecule has 3 aliphatic rings. The third-order valence-corrected chi connectivity index (χ3v) is 7.34. The van der Waals surface area contributed by atoms with E-state index in [1.807, 2.05) is 6.07 Å². The van der Waals surface area contributed by atoms with Crippen molar-refractivity contribution in [2.75, 3.05) is 35.7 Å². The number of aromatic nitrogens is 2. The number of carbonyl (C=O) groups is 3. The molecule has 2 fully saturated rings. The predicted octanol–water partition coefficient (Wildman–Crippen LogP) is 3.25. The molecule has 1 aliphatic carbocycles. The second-order valence-electron chi connectivity index (χ2n) is 10.0. The maximum Gasteiger partial charge on any atom is 0.328 e. The van der Waals surface area contributed by atoms with Crippen LogP contribution in [-0.2, 0) is 22.5 Å². The molecular weight excluding hydrogens is 486 g/mol. The average Bonchev–Trinajstić information content (AvgIpc) is 3.44. The predicted molar refractivity (Wildman–Crippen MR) is 140 cm³/mol. The summed E-state index contributed by atoms with van der Waals surface area (Å²) in [6.45, 7) is 1.24. The first-order valence-electron chi connectivity index (χ1n) is 13.1. The van der Waals surface area contributed by atoms with Crippen LogP contribution in [0.3, 0.4) is 0 Å². The summed E-state index contributed by atoms with van der Waals surface area (Å²) in [5.41, 5.74) is 2.74. The number of carbonyl (C=O) groups excluding carboxylic acids is 3. The number of likely N-dealkylation sites (N-methyl/N-ethyl adjacent to an activating group) is 1. The minimum atomic E-state index is -0.440. The highest BCUT2D eigenvalue weighted by Gasteiger charge is 2.29. The van der Waals surface area contributed by atoms with Gasteiger partial charge in [-0.15, -0.1) is 0 Å². The van der Waals surface area contributed by atoms with Gasteiger partial charge in [0.1, 0.15) is 29.5 Å². The molecule has 2 N–H and O–H groups in total. The van der Waals surface area contributed by atoms with Crippen molar-refractivity contribution < 1.29 is 19.1 Å². The number of aldehydes is 1. The topological polar surface area (TPSA) is 141 Å². The summed E-state index contributed by atoms with van der Waals surface area (Å²) in [5.74, 6) is 0.637. The molecule has 1 atom stereocenters. The fraction of sp³-hybridized carbons (Fsp3) is 0.481. The first kappa shape index (κ1) is 25.6. The lowest BCUT2D eigenvalue weighted by atomic mass is 9.93. The van der Waals surface area contributed by atoms with Crippen molar-refractivity contribution in [2.24, 2.45) is 0 Å². The Bertz CT molecular complexity index is 1280. The molecule has 11 nitrogen and oxygen atoms in total. The highest BCUT2D eigenvalue weighted by atomic mass is 16.5. The first-order chi connectivity index (χ1) is 18.5. The van der Waals surface area contributed by atoms with E-state index < -0.39 is 12.1 Å². The van der Waals surface area contributed by atoms with Gasteiger partial charge in [0, 0.05) is 50.6 Å². The number of hydrogen-bond acceptors (Lipinski definition) is 8. The molecule has 3 amide bonds. The number of nitriles is 1. The number of nitrogens with one attached hydrogen (secondary N) is 2. The fourth-order valence-corrected chi connectivity index (χ4v) is 5.02. The van der Waals surface area contributed by atoms with Gasteiger partial charge in [-0.05, 0) is 56.6 Å². The lowest BCUT2D eigenvalue weighted by Crippen LogP contribution is -2.40. The largest absolute Gasteiger partial charge is 0.381 e. The van der Waals surface area contributed by atoms with Crippen LogP contribution in [0.1, 0.15) is 65.7 Å². The number of urea groups is 1. The minimum Gasteiger partial charge on any atom is -0.381 e. The van der Waals surface area contributed by atoms with E-state index in [2.05, 4.69) is 26.7 Å². The van der Waals surface area contributed by atoms with E-state index in [0.29, 0.717) is 66.8 Å². The van der Waals surface area contributed by atoms with Gasteiger partial charge in [-0.25, -0.2) is 14.8 Å². The fourth-order valence-electron chi connectivity index (χ4n) is 5.02. The molecule has 4 heterocycles. The number of amides is 3. The normalized spacial score (nSPS) is 18.6. The monoisotopic (exact) mass is 517 g/mol. The average molecular weight is 518 g/mol. The van der Waals surface area contributed by atoms with Crippen molar-refractivity contribution in [3.05, 3.63) is 40.7 Å².